The average Bonchev–Trinajstić information content (AvgIpc) is 3.06. The van der Waals surface area contributed by atoms with Gasteiger partial charge in [-0.3, -0.25) is 4.79 Å². The van der Waals surface area contributed by atoms with Crippen LogP contribution in [0.3, 0.4) is 0 Å². The third kappa shape index (κ3) is 3.30. The predicted octanol–water partition coefficient (Wildman–Crippen LogP) is 4.23. The number of piperidine rings is 1. The molecule has 4 nitrogen and oxygen atoms in total. The number of para-hydroxylation sites is 1. The van der Waals surface area contributed by atoms with Gasteiger partial charge in [-0.15, -0.1) is 0 Å². The lowest BCUT2D eigenvalue weighted by Gasteiger charge is -2.28. The summed E-state index contributed by atoms with van der Waals surface area (Å²) in [4.78, 5) is 18.3. The number of anilines is 1. The molecule has 3 aromatic rings. The fourth-order valence-corrected chi connectivity index (χ4v) is 3.67. The molecule has 2 aromatic carbocycles. The highest BCUT2D eigenvalue weighted by molar-refractivity contribution is 6.06. The Balaban J connectivity index is 1.61. The van der Waals surface area contributed by atoms with E-state index in [1.54, 1.807) is 0 Å². The van der Waals surface area contributed by atoms with Crippen molar-refractivity contribution in [3.05, 3.63) is 65.9 Å². The molecule has 0 bridgehead atoms. The van der Waals surface area contributed by atoms with Crippen molar-refractivity contribution in [2.75, 3.05) is 25.5 Å². The topological polar surface area (TPSA) is 48.1 Å². The number of aromatic nitrogens is 1. The first-order chi connectivity index (χ1) is 12.2. The number of fused-ring (bicyclic) bond motifs is 1. The standard InChI is InChI=1S/C21H23N3O/c1-24-11-9-15(10-12-24)19-14-22-20-8-7-16(13-18(19)20)21(25)23-17-5-3-2-4-6-17/h2-8,13-15,22H,9-12H2,1H3,(H,23,25). The number of nitrogens with one attached hydrogen (secondary N) is 2. The second kappa shape index (κ2) is 6.73. The van der Waals surface area contributed by atoms with Crippen LogP contribution in [-0.2, 0) is 0 Å². The van der Waals surface area contributed by atoms with Crippen LogP contribution < -0.4 is 5.32 Å². The predicted molar refractivity (Wildman–Crippen MR) is 102 cm³/mol. The minimum absolute atomic E-state index is 0.0661. The number of rotatable bonds is 3. The van der Waals surface area contributed by atoms with Gasteiger partial charge in [0, 0.05) is 28.4 Å². The second-order valence-corrected chi connectivity index (χ2v) is 6.90. The highest BCUT2D eigenvalue weighted by Crippen LogP contribution is 2.33. The summed E-state index contributed by atoms with van der Waals surface area (Å²) in [6.07, 6.45) is 4.47. The molecule has 1 aromatic heterocycles. The van der Waals surface area contributed by atoms with E-state index in [4.69, 9.17) is 0 Å². The molecule has 0 saturated carbocycles. The van der Waals surface area contributed by atoms with Gasteiger partial charge in [-0.05, 0) is 74.8 Å². The minimum atomic E-state index is -0.0661. The van der Waals surface area contributed by atoms with Gasteiger partial charge in [0.25, 0.3) is 5.91 Å². The van der Waals surface area contributed by atoms with E-state index in [0.717, 1.165) is 24.3 Å². The van der Waals surface area contributed by atoms with Crippen LogP contribution in [0.5, 0.6) is 0 Å². The van der Waals surface area contributed by atoms with Gasteiger partial charge in [0.2, 0.25) is 0 Å². The van der Waals surface area contributed by atoms with E-state index in [1.807, 2.05) is 48.5 Å². The lowest BCUT2D eigenvalue weighted by atomic mass is 9.89. The van der Waals surface area contributed by atoms with Crippen molar-refractivity contribution in [1.82, 2.24) is 9.88 Å². The summed E-state index contributed by atoms with van der Waals surface area (Å²) >= 11 is 0. The number of aromatic amines is 1. The molecular formula is C21H23N3O. The molecule has 128 valence electrons. The van der Waals surface area contributed by atoms with Crippen LogP contribution in [0.1, 0.15) is 34.7 Å². The van der Waals surface area contributed by atoms with Crippen LogP contribution in [0.15, 0.2) is 54.7 Å². The second-order valence-electron chi connectivity index (χ2n) is 6.90. The SMILES string of the molecule is CN1CCC(c2c[nH]c3ccc(C(=O)Nc4ccccc4)cc23)CC1. The van der Waals surface area contributed by atoms with Crippen LogP contribution in [0, 0.1) is 0 Å². The summed E-state index contributed by atoms with van der Waals surface area (Å²) in [5.41, 5.74) is 3.96. The maximum atomic E-state index is 12.6. The fraction of sp³-hybridized carbons (Fsp3) is 0.286. The molecule has 0 aliphatic carbocycles. The molecule has 25 heavy (non-hydrogen) atoms. The van der Waals surface area contributed by atoms with Crippen LogP contribution >= 0.6 is 0 Å². The van der Waals surface area contributed by atoms with E-state index in [-0.39, 0.29) is 5.91 Å². The van der Waals surface area contributed by atoms with Crippen LogP contribution in [-0.4, -0.2) is 35.9 Å². The van der Waals surface area contributed by atoms with Gasteiger partial charge in [0.05, 0.1) is 0 Å². The van der Waals surface area contributed by atoms with E-state index in [0.29, 0.717) is 11.5 Å². The monoisotopic (exact) mass is 333 g/mol. The molecule has 0 spiro atoms. The number of amides is 1. The van der Waals surface area contributed by atoms with Gasteiger partial charge >= 0.3 is 0 Å². The normalized spacial score (nSPS) is 16.2. The highest BCUT2D eigenvalue weighted by atomic mass is 16.1. The lowest BCUT2D eigenvalue weighted by Crippen LogP contribution is -2.29. The van der Waals surface area contributed by atoms with Gasteiger partial charge < -0.3 is 15.2 Å². The Bertz CT molecular complexity index is 877. The van der Waals surface area contributed by atoms with E-state index < -0.39 is 0 Å². The number of benzene rings is 2. The summed E-state index contributed by atoms with van der Waals surface area (Å²) in [6, 6.07) is 15.5. The molecule has 4 heteroatoms. The smallest absolute Gasteiger partial charge is 0.255 e. The first-order valence-corrected chi connectivity index (χ1v) is 8.87. The molecule has 2 N–H and O–H groups in total. The van der Waals surface area contributed by atoms with Crippen molar-refractivity contribution in [3.8, 4) is 0 Å². The van der Waals surface area contributed by atoms with Gasteiger partial charge in [-0.25, -0.2) is 0 Å². The Morgan fingerprint density at radius 1 is 1.12 bits per heavy atom. The Morgan fingerprint density at radius 2 is 1.88 bits per heavy atom. The maximum absolute atomic E-state index is 12.6. The van der Waals surface area contributed by atoms with E-state index in [1.165, 1.54) is 23.8 Å². The van der Waals surface area contributed by atoms with Gasteiger partial charge in [0.1, 0.15) is 0 Å². The number of carbonyl (C=O) groups excluding carboxylic acids is 1. The number of likely N-dealkylation sites (tertiary alicyclic amines) is 1. The molecule has 0 atom stereocenters. The van der Waals surface area contributed by atoms with Crippen molar-refractivity contribution in [2.45, 2.75) is 18.8 Å². The lowest BCUT2D eigenvalue weighted by molar-refractivity contribution is 0.102. The van der Waals surface area contributed by atoms with Crippen LogP contribution in [0.25, 0.3) is 10.9 Å². The molecule has 1 saturated heterocycles. The Kier molecular flexibility index (Phi) is 4.28. The fourth-order valence-electron chi connectivity index (χ4n) is 3.67. The number of H-pyrrole nitrogens is 1. The van der Waals surface area contributed by atoms with Crippen molar-refractivity contribution in [1.29, 1.82) is 0 Å². The Morgan fingerprint density at radius 3 is 2.64 bits per heavy atom. The largest absolute Gasteiger partial charge is 0.361 e. The van der Waals surface area contributed by atoms with E-state index in [2.05, 4.69) is 28.4 Å². The van der Waals surface area contributed by atoms with E-state index in [9.17, 15) is 4.79 Å². The minimum Gasteiger partial charge on any atom is -0.361 e. The van der Waals surface area contributed by atoms with Crippen molar-refractivity contribution < 1.29 is 4.79 Å². The summed E-state index contributed by atoms with van der Waals surface area (Å²) in [6.45, 7) is 2.26. The molecule has 2 heterocycles. The highest BCUT2D eigenvalue weighted by Gasteiger charge is 2.21. The number of hydrogen-bond acceptors (Lipinski definition) is 2. The Labute approximate surface area is 147 Å². The van der Waals surface area contributed by atoms with Crippen molar-refractivity contribution >= 4 is 22.5 Å². The number of hydrogen-bond donors (Lipinski definition) is 2. The molecule has 4 rings (SSSR count). The van der Waals surface area contributed by atoms with Crippen LogP contribution in [0.2, 0.25) is 0 Å². The number of nitrogens with zero attached hydrogens (tertiary/aromatic N) is 1. The van der Waals surface area contributed by atoms with Gasteiger partial charge in [-0.2, -0.15) is 0 Å². The number of carbonyl (C=O) groups is 1. The summed E-state index contributed by atoms with van der Waals surface area (Å²) in [5.74, 6) is 0.501. The van der Waals surface area contributed by atoms with E-state index >= 15 is 0 Å². The average molecular weight is 333 g/mol. The molecular weight excluding hydrogens is 310 g/mol. The van der Waals surface area contributed by atoms with Gasteiger partial charge in [0.15, 0.2) is 0 Å². The third-order valence-corrected chi connectivity index (χ3v) is 5.17. The van der Waals surface area contributed by atoms with Crippen molar-refractivity contribution in [2.24, 2.45) is 0 Å². The quantitative estimate of drug-likeness (QED) is 0.753. The Hall–Kier alpha value is -2.59. The molecule has 1 aliphatic heterocycles. The maximum Gasteiger partial charge on any atom is 0.255 e. The third-order valence-electron chi connectivity index (χ3n) is 5.17. The first kappa shape index (κ1) is 15.9. The molecule has 0 unspecified atom stereocenters. The van der Waals surface area contributed by atoms with Crippen LogP contribution in [0.4, 0.5) is 5.69 Å². The zero-order chi connectivity index (χ0) is 17.2. The zero-order valence-corrected chi connectivity index (χ0v) is 14.5. The zero-order valence-electron chi connectivity index (χ0n) is 14.5. The summed E-state index contributed by atoms with van der Waals surface area (Å²) in [7, 11) is 2.18. The molecule has 1 amide bonds. The van der Waals surface area contributed by atoms with Crippen molar-refractivity contribution in [3.63, 3.8) is 0 Å². The summed E-state index contributed by atoms with van der Waals surface area (Å²) in [5, 5.41) is 4.14. The van der Waals surface area contributed by atoms with Gasteiger partial charge in [-0.1, -0.05) is 18.2 Å². The first-order valence-electron chi connectivity index (χ1n) is 8.87. The molecule has 0 radical (unpaired) electrons. The molecule has 1 fully saturated rings. The molecule has 1 aliphatic rings. The summed E-state index contributed by atoms with van der Waals surface area (Å²) < 4.78 is 0.